The smallest absolute Gasteiger partial charge is 0.243 e. The van der Waals surface area contributed by atoms with Crippen LogP contribution in [0.2, 0.25) is 0 Å². The van der Waals surface area contributed by atoms with Crippen molar-refractivity contribution in [3.63, 3.8) is 0 Å². The number of rotatable bonds is 5. The Morgan fingerprint density at radius 2 is 2.04 bits per heavy atom. The van der Waals surface area contributed by atoms with Crippen LogP contribution in [-0.2, 0) is 10.0 Å². The quantitative estimate of drug-likeness (QED) is 0.804. The Labute approximate surface area is 145 Å². The van der Waals surface area contributed by atoms with Gasteiger partial charge in [0.05, 0.1) is 11.5 Å². The second kappa shape index (κ2) is 7.21. The molecule has 7 heteroatoms. The summed E-state index contributed by atoms with van der Waals surface area (Å²) in [5, 5.41) is 4.16. The van der Waals surface area contributed by atoms with Crippen molar-refractivity contribution in [1.29, 1.82) is 0 Å². The maximum absolute atomic E-state index is 14.0. The molecule has 1 aromatic heterocycles. The molecule has 1 fully saturated rings. The largest absolute Gasteiger partial charge is 0.491 e. The number of nitrogens with zero attached hydrogens (tertiary/aromatic N) is 1. The van der Waals surface area contributed by atoms with E-state index in [-0.39, 0.29) is 10.6 Å². The third-order valence-corrected chi connectivity index (χ3v) is 6.91. The molecule has 4 nitrogen and oxygen atoms in total. The van der Waals surface area contributed by atoms with Crippen molar-refractivity contribution in [3.8, 4) is 5.75 Å². The van der Waals surface area contributed by atoms with E-state index in [9.17, 15) is 12.8 Å². The third-order valence-electron chi connectivity index (χ3n) is 4.31. The summed E-state index contributed by atoms with van der Waals surface area (Å²) in [5.41, 5.74) is 1.28. The van der Waals surface area contributed by atoms with Crippen LogP contribution in [0.3, 0.4) is 0 Å². The maximum Gasteiger partial charge on any atom is 0.243 e. The number of hydrogen-bond acceptors (Lipinski definition) is 4. The first-order valence-electron chi connectivity index (χ1n) is 7.97. The molecule has 0 radical (unpaired) electrons. The fourth-order valence-electron chi connectivity index (χ4n) is 3.00. The number of halogens is 1. The first-order chi connectivity index (χ1) is 11.5. The second-order valence-corrected chi connectivity index (χ2v) is 8.48. The van der Waals surface area contributed by atoms with Crippen LogP contribution in [-0.4, -0.2) is 32.4 Å². The lowest BCUT2D eigenvalue weighted by Gasteiger charge is -2.31. The molecule has 1 aromatic carbocycles. The van der Waals surface area contributed by atoms with Crippen LogP contribution in [0.1, 0.15) is 31.2 Å². The van der Waals surface area contributed by atoms with Crippen molar-refractivity contribution < 1.29 is 17.5 Å². The second-order valence-electron chi connectivity index (χ2n) is 5.76. The van der Waals surface area contributed by atoms with E-state index in [0.29, 0.717) is 25.6 Å². The first-order valence-corrected chi connectivity index (χ1v) is 10.3. The number of piperidine rings is 1. The van der Waals surface area contributed by atoms with E-state index < -0.39 is 15.8 Å². The lowest BCUT2D eigenvalue weighted by molar-refractivity contribution is 0.317. The number of thiophene rings is 1. The van der Waals surface area contributed by atoms with Crippen LogP contribution < -0.4 is 4.74 Å². The minimum atomic E-state index is -3.67. The van der Waals surface area contributed by atoms with E-state index >= 15 is 0 Å². The standard InChI is InChI=1S/C17H20FNO3S2/c1-2-22-17-4-3-15(11-16(17)18)24(20,21)19-8-5-13(6-9-19)14-7-10-23-12-14/h3-4,7,10-13H,2,5-6,8-9H2,1H3. The number of ether oxygens (including phenoxy) is 1. The highest BCUT2D eigenvalue weighted by atomic mass is 32.2. The van der Waals surface area contributed by atoms with Gasteiger partial charge in [-0.3, -0.25) is 0 Å². The van der Waals surface area contributed by atoms with Crippen molar-refractivity contribution in [1.82, 2.24) is 4.31 Å². The summed E-state index contributed by atoms with van der Waals surface area (Å²) in [6, 6.07) is 5.94. The van der Waals surface area contributed by atoms with Crippen molar-refractivity contribution >= 4 is 21.4 Å². The number of hydrogen-bond donors (Lipinski definition) is 0. The van der Waals surface area contributed by atoms with Crippen LogP contribution in [0.15, 0.2) is 39.9 Å². The highest BCUT2D eigenvalue weighted by Crippen LogP contribution is 2.32. The third kappa shape index (κ3) is 3.48. The van der Waals surface area contributed by atoms with Gasteiger partial charge in [-0.25, -0.2) is 12.8 Å². The Bertz CT molecular complexity index is 782. The molecule has 0 N–H and O–H groups in total. The van der Waals surface area contributed by atoms with Gasteiger partial charge in [-0.2, -0.15) is 15.6 Å². The molecule has 0 aliphatic carbocycles. The molecule has 0 unspecified atom stereocenters. The zero-order chi connectivity index (χ0) is 17.2. The van der Waals surface area contributed by atoms with Gasteiger partial charge < -0.3 is 4.74 Å². The molecule has 2 heterocycles. The normalized spacial score (nSPS) is 17.1. The lowest BCUT2D eigenvalue weighted by atomic mass is 9.92. The maximum atomic E-state index is 14.0. The van der Waals surface area contributed by atoms with E-state index in [2.05, 4.69) is 11.4 Å². The zero-order valence-electron chi connectivity index (χ0n) is 13.4. The fourth-order valence-corrected chi connectivity index (χ4v) is 5.22. The van der Waals surface area contributed by atoms with Gasteiger partial charge in [-0.05, 0) is 66.3 Å². The topological polar surface area (TPSA) is 46.6 Å². The molecule has 0 bridgehead atoms. The van der Waals surface area contributed by atoms with Crippen LogP contribution in [0.5, 0.6) is 5.75 Å². The Morgan fingerprint density at radius 3 is 2.62 bits per heavy atom. The molecule has 1 aliphatic heterocycles. The molecule has 1 aliphatic rings. The Kier molecular flexibility index (Phi) is 5.22. The summed E-state index contributed by atoms with van der Waals surface area (Å²) in [5.74, 6) is -0.168. The molecule has 1 saturated heterocycles. The van der Waals surface area contributed by atoms with Gasteiger partial charge in [0.25, 0.3) is 0 Å². The van der Waals surface area contributed by atoms with Gasteiger partial charge >= 0.3 is 0 Å². The van der Waals surface area contributed by atoms with Crippen molar-refractivity contribution in [2.24, 2.45) is 0 Å². The highest BCUT2D eigenvalue weighted by molar-refractivity contribution is 7.89. The molecule has 3 rings (SSSR count). The highest BCUT2D eigenvalue weighted by Gasteiger charge is 2.30. The predicted octanol–water partition coefficient (Wildman–Crippen LogP) is 3.85. The van der Waals surface area contributed by atoms with Crippen LogP contribution in [0.4, 0.5) is 4.39 Å². The van der Waals surface area contributed by atoms with E-state index in [1.807, 2.05) is 5.38 Å². The molecule has 130 valence electrons. The van der Waals surface area contributed by atoms with E-state index in [4.69, 9.17) is 4.74 Å². The summed E-state index contributed by atoms with van der Waals surface area (Å²) in [6.07, 6.45) is 1.57. The van der Waals surface area contributed by atoms with Crippen LogP contribution in [0.25, 0.3) is 0 Å². The van der Waals surface area contributed by atoms with Crippen LogP contribution in [0, 0.1) is 5.82 Å². The molecular weight excluding hydrogens is 349 g/mol. The Morgan fingerprint density at radius 1 is 1.29 bits per heavy atom. The number of sulfonamides is 1. The summed E-state index contributed by atoms with van der Waals surface area (Å²) >= 11 is 1.66. The summed E-state index contributed by atoms with van der Waals surface area (Å²) in [7, 11) is -3.67. The average molecular weight is 369 g/mol. The monoisotopic (exact) mass is 369 g/mol. The summed E-state index contributed by atoms with van der Waals surface area (Å²) in [4.78, 5) is -0.0163. The predicted molar refractivity (Wildman–Crippen MR) is 92.6 cm³/mol. The average Bonchev–Trinajstić information content (AvgIpc) is 3.11. The molecule has 0 saturated carbocycles. The Hall–Kier alpha value is -1.44. The van der Waals surface area contributed by atoms with E-state index in [1.165, 1.54) is 22.0 Å². The van der Waals surface area contributed by atoms with Gasteiger partial charge in [0.1, 0.15) is 0 Å². The molecule has 2 aromatic rings. The fraction of sp³-hybridized carbons (Fsp3) is 0.412. The summed E-state index contributed by atoms with van der Waals surface area (Å²) < 4.78 is 46.0. The minimum absolute atomic E-state index is 0.0163. The molecular formula is C17H20FNO3S2. The molecule has 0 atom stereocenters. The molecule has 24 heavy (non-hydrogen) atoms. The van der Waals surface area contributed by atoms with Crippen LogP contribution >= 0.6 is 11.3 Å². The molecule has 0 spiro atoms. The van der Waals surface area contributed by atoms with Gasteiger partial charge in [0.2, 0.25) is 10.0 Å². The van der Waals surface area contributed by atoms with Crippen molar-refractivity contribution in [2.75, 3.05) is 19.7 Å². The minimum Gasteiger partial charge on any atom is -0.491 e. The van der Waals surface area contributed by atoms with Gasteiger partial charge in [0, 0.05) is 13.1 Å². The van der Waals surface area contributed by atoms with Gasteiger partial charge in [-0.15, -0.1) is 0 Å². The van der Waals surface area contributed by atoms with Crippen molar-refractivity contribution in [3.05, 3.63) is 46.4 Å². The Balaban J connectivity index is 1.73. The van der Waals surface area contributed by atoms with Gasteiger partial charge in [0.15, 0.2) is 11.6 Å². The van der Waals surface area contributed by atoms with Gasteiger partial charge in [-0.1, -0.05) is 0 Å². The summed E-state index contributed by atoms with van der Waals surface area (Å²) in [6.45, 7) is 3.00. The van der Waals surface area contributed by atoms with E-state index in [1.54, 1.807) is 18.3 Å². The lowest BCUT2D eigenvalue weighted by Crippen LogP contribution is -2.37. The zero-order valence-corrected chi connectivity index (χ0v) is 15.1. The first kappa shape index (κ1) is 17.4. The SMILES string of the molecule is CCOc1ccc(S(=O)(=O)N2CCC(c3ccsc3)CC2)cc1F. The van der Waals surface area contributed by atoms with E-state index in [0.717, 1.165) is 18.9 Å². The molecule has 0 amide bonds. The number of benzene rings is 1. The van der Waals surface area contributed by atoms with Crippen molar-refractivity contribution in [2.45, 2.75) is 30.6 Å².